The Morgan fingerprint density at radius 1 is 1.12 bits per heavy atom. The SMILES string of the molecule is CC(C)N(C(=O)[C@@H](C)Sc1ncnc2sc3c(c12)CCCC3)C(C)C. The molecule has 1 aliphatic carbocycles. The lowest BCUT2D eigenvalue weighted by molar-refractivity contribution is -0.133. The van der Waals surface area contributed by atoms with Gasteiger partial charge in [0.1, 0.15) is 16.2 Å². The van der Waals surface area contributed by atoms with E-state index in [1.807, 2.05) is 11.8 Å². The van der Waals surface area contributed by atoms with E-state index < -0.39 is 0 Å². The molecular formula is C19H27N3OS2. The Morgan fingerprint density at radius 2 is 1.80 bits per heavy atom. The number of aryl methyl sites for hydroxylation is 2. The molecule has 0 fully saturated rings. The molecule has 0 spiro atoms. The highest BCUT2D eigenvalue weighted by atomic mass is 32.2. The third-order valence-corrected chi connectivity index (χ3v) is 7.01. The summed E-state index contributed by atoms with van der Waals surface area (Å²) in [6.45, 7) is 10.3. The zero-order valence-electron chi connectivity index (χ0n) is 15.7. The molecule has 6 heteroatoms. The smallest absolute Gasteiger partial charge is 0.236 e. The van der Waals surface area contributed by atoms with E-state index in [1.165, 1.54) is 28.7 Å². The largest absolute Gasteiger partial charge is 0.337 e. The monoisotopic (exact) mass is 377 g/mol. The van der Waals surface area contributed by atoms with E-state index in [1.54, 1.807) is 29.4 Å². The van der Waals surface area contributed by atoms with Gasteiger partial charge < -0.3 is 4.90 Å². The quantitative estimate of drug-likeness (QED) is 0.560. The van der Waals surface area contributed by atoms with Gasteiger partial charge in [0.05, 0.1) is 5.25 Å². The van der Waals surface area contributed by atoms with Gasteiger partial charge in [-0.1, -0.05) is 11.8 Å². The van der Waals surface area contributed by atoms with E-state index in [9.17, 15) is 4.79 Å². The molecule has 1 amide bonds. The number of thiophene rings is 1. The minimum Gasteiger partial charge on any atom is -0.337 e. The van der Waals surface area contributed by atoms with Gasteiger partial charge in [0.15, 0.2) is 0 Å². The van der Waals surface area contributed by atoms with Crippen molar-refractivity contribution in [1.29, 1.82) is 0 Å². The second-order valence-electron chi connectivity index (χ2n) is 7.26. The van der Waals surface area contributed by atoms with Crippen molar-refractivity contribution in [3.63, 3.8) is 0 Å². The molecule has 4 nitrogen and oxygen atoms in total. The predicted octanol–water partition coefficient (Wildman–Crippen LogP) is 4.70. The number of aromatic nitrogens is 2. The molecule has 0 saturated heterocycles. The Kier molecular flexibility index (Phi) is 5.68. The summed E-state index contributed by atoms with van der Waals surface area (Å²) >= 11 is 3.39. The third kappa shape index (κ3) is 3.70. The van der Waals surface area contributed by atoms with Gasteiger partial charge in [-0.25, -0.2) is 9.97 Å². The van der Waals surface area contributed by atoms with Gasteiger partial charge in [-0.15, -0.1) is 11.3 Å². The van der Waals surface area contributed by atoms with Crippen LogP contribution in [0, 0.1) is 0 Å². The van der Waals surface area contributed by atoms with Crippen LogP contribution in [0.4, 0.5) is 0 Å². The lowest BCUT2D eigenvalue weighted by Crippen LogP contribution is -2.45. The van der Waals surface area contributed by atoms with Crippen LogP contribution in [0.25, 0.3) is 10.2 Å². The maximum atomic E-state index is 13.0. The number of nitrogens with zero attached hydrogens (tertiary/aromatic N) is 3. The molecule has 2 heterocycles. The van der Waals surface area contributed by atoms with Crippen LogP contribution >= 0.6 is 23.1 Å². The van der Waals surface area contributed by atoms with Crippen molar-refractivity contribution in [3.05, 3.63) is 16.8 Å². The number of carbonyl (C=O) groups is 1. The number of hydrogen-bond acceptors (Lipinski definition) is 5. The number of carbonyl (C=O) groups excluding carboxylic acids is 1. The van der Waals surface area contributed by atoms with Crippen molar-refractivity contribution < 1.29 is 4.79 Å². The number of hydrogen-bond donors (Lipinski definition) is 0. The molecule has 0 aliphatic heterocycles. The van der Waals surface area contributed by atoms with Crippen LogP contribution in [0.2, 0.25) is 0 Å². The lowest BCUT2D eigenvalue weighted by atomic mass is 9.97. The van der Waals surface area contributed by atoms with Crippen molar-refractivity contribution >= 4 is 39.2 Å². The Bertz CT molecular complexity index is 761. The molecule has 3 rings (SSSR count). The first-order chi connectivity index (χ1) is 11.9. The average molecular weight is 378 g/mol. The molecule has 2 aromatic rings. The molecule has 1 atom stereocenters. The van der Waals surface area contributed by atoms with Gasteiger partial charge in [0.25, 0.3) is 0 Å². The first-order valence-corrected chi connectivity index (χ1v) is 10.8. The summed E-state index contributed by atoms with van der Waals surface area (Å²) in [7, 11) is 0. The number of thioether (sulfide) groups is 1. The highest BCUT2D eigenvalue weighted by Gasteiger charge is 2.28. The zero-order chi connectivity index (χ0) is 18.1. The van der Waals surface area contributed by atoms with E-state index in [0.717, 1.165) is 22.7 Å². The zero-order valence-corrected chi connectivity index (χ0v) is 17.3. The van der Waals surface area contributed by atoms with E-state index >= 15 is 0 Å². The Hall–Kier alpha value is -1.14. The molecule has 0 saturated carbocycles. The molecule has 1 aliphatic rings. The third-order valence-electron chi connectivity index (χ3n) is 4.72. The molecule has 0 radical (unpaired) electrons. The van der Waals surface area contributed by atoms with E-state index in [-0.39, 0.29) is 23.2 Å². The van der Waals surface area contributed by atoms with Gasteiger partial charge in [-0.3, -0.25) is 4.79 Å². The van der Waals surface area contributed by atoms with Crippen LogP contribution in [0.15, 0.2) is 11.4 Å². The van der Waals surface area contributed by atoms with Crippen molar-refractivity contribution in [2.45, 2.75) is 82.7 Å². The highest BCUT2D eigenvalue weighted by Crippen LogP contribution is 2.40. The van der Waals surface area contributed by atoms with E-state index in [0.29, 0.717) is 0 Å². The van der Waals surface area contributed by atoms with Gasteiger partial charge in [-0.05, 0) is 65.9 Å². The molecule has 0 unspecified atom stereocenters. The number of amides is 1. The van der Waals surface area contributed by atoms with Gasteiger partial charge in [0, 0.05) is 22.3 Å². The summed E-state index contributed by atoms with van der Waals surface area (Å²) in [5, 5.41) is 2.02. The van der Waals surface area contributed by atoms with Crippen LogP contribution in [0.3, 0.4) is 0 Å². The van der Waals surface area contributed by atoms with Crippen molar-refractivity contribution in [2.24, 2.45) is 0 Å². The van der Waals surface area contributed by atoms with Gasteiger partial charge in [-0.2, -0.15) is 0 Å². The normalized spacial score (nSPS) is 15.6. The first-order valence-electron chi connectivity index (χ1n) is 9.14. The first kappa shape index (κ1) is 18.6. The minimum atomic E-state index is -0.151. The van der Waals surface area contributed by atoms with Crippen LogP contribution in [-0.4, -0.2) is 38.1 Å². The second-order valence-corrected chi connectivity index (χ2v) is 9.68. The fourth-order valence-corrected chi connectivity index (χ4v) is 5.98. The summed E-state index contributed by atoms with van der Waals surface area (Å²) in [5.41, 5.74) is 1.43. The van der Waals surface area contributed by atoms with Crippen LogP contribution < -0.4 is 0 Å². The van der Waals surface area contributed by atoms with Crippen molar-refractivity contribution in [3.8, 4) is 0 Å². The summed E-state index contributed by atoms with van der Waals surface area (Å²) < 4.78 is 0. The second kappa shape index (κ2) is 7.62. The van der Waals surface area contributed by atoms with Crippen LogP contribution in [0.5, 0.6) is 0 Å². The molecule has 0 aromatic carbocycles. The molecule has 136 valence electrons. The van der Waals surface area contributed by atoms with Crippen molar-refractivity contribution in [1.82, 2.24) is 14.9 Å². The summed E-state index contributed by atoms with van der Waals surface area (Å²) in [5.74, 6) is 0.186. The predicted molar refractivity (Wildman–Crippen MR) is 106 cm³/mol. The molecule has 0 N–H and O–H groups in total. The number of rotatable bonds is 5. The van der Waals surface area contributed by atoms with Crippen molar-refractivity contribution in [2.75, 3.05) is 0 Å². The Morgan fingerprint density at radius 3 is 2.48 bits per heavy atom. The molecular weight excluding hydrogens is 350 g/mol. The lowest BCUT2D eigenvalue weighted by Gasteiger charge is -2.32. The fraction of sp³-hybridized carbons (Fsp3) is 0.632. The molecule has 2 aromatic heterocycles. The average Bonchev–Trinajstić information content (AvgIpc) is 2.93. The Labute approximate surface area is 158 Å². The highest BCUT2D eigenvalue weighted by molar-refractivity contribution is 8.00. The van der Waals surface area contributed by atoms with Crippen LogP contribution in [0.1, 0.15) is 57.9 Å². The van der Waals surface area contributed by atoms with E-state index in [4.69, 9.17) is 0 Å². The summed E-state index contributed by atoms with van der Waals surface area (Å²) in [6, 6.07) is 0.407. The molecule has 25 heavy (non-hydrogen) atoms. The van der Waals surface area contributed by atoms with Gasteiger partial charge >= 0.3 is 0 Å². The van der Waals surface area contributed by atoms with E-state index in [2.05, 4.69) is 37.7 Å². The summed E-state index contributed by atoms with van der Waals surface area (Å²) in [4.78, 5) is 26.5. The number of fused-ring (bicyclic) bond motifs is 3. The minimum absolute atomic E-state index is 0.151. The summed E-state index contributed by atoms with van der Waals surface area (Å²) in [6.07, 6.45) is 6.42. The van der Waals surface area contributed by atoms with Crippen LogP contribution in [-0.2, 0) is 17.6 Å². The Balaban J connectivity index is 1.90. The fourth-order valence-electron chi connectivity index (χ4n) is 3.68. The topological polar surface area (TPSA) is 46.1 Å². The maximum absolute atomic E-state index is 13.0. The standard InChI is InChI=1S/C19H27N3OS2/c1-11(2)22(12(3)4)19(23)13(5)24-17-16-14-8-6-7-9-15(14)25-18(16)21-10-20-17/h10-13H,6-9H2,1-5H3/t13-/m1/s1. The van der Waals surface area contributed by atoms with Gasteiger partial charge in [0.2, 0.25) is 5.91 Å². The molecule has 0 bridgehead atoms. The maximum Gasteiger partial charge on any atom is 0.236 e.